The molecule has 0 spiro atoms. The lowest BCUT2D eigenvalue weighted by Gasteiger charge is -2.14. The Labute approximate surface area is 124 Å². The highest BCUT2D eigenvalue weighted by atomic mass is 32.2. The van der Waals surface area contributed by atoms with Gasteiger partial charge in [-0.2, -0.15) is 0 Å². The second kappa shape index (κ2) is 7.96. The number of rotatable bonds is 7. The topological polar surface area (TPSA) is 108 Å². The molecule has 0 radical (unpaired) electrons. The van der Waals surface area contributed by atoms with E-state index in [1.165, 1.54) is 19.2 Å². The number of hydrogen-bond donors (Lipinski definition) is 4. The molecule has 0 saturated heterocycles. The highest BCUT2D eigenvalue weighted by Gasteiger charge is 2.11. The minimum atomic E-state index is -3.45. The molecule has 0 aromatic heterocycles. The summed E-state index contributed by atoms with van der Waals surface area (Å²) in [4.78, 5) is 11.7. The third kappa shape index (κ3) is 5.33. The van der Waals surface area contributed by atoms with E-state index in [4.69, 9.17) is 5.11 Å². The molecule has 1 unspecified atom stereocenters. The van der Waals surface area contributed by atoms with Crippen molar-refractivity contribution in [3.63, 3.8) is 0 Å². The normalized spacial score (nSPS) is 12.7. The summed E-state index contributed by atoms with van der Waals surface area (Å²) < 4.78 is 25.3. The van der Waals surface area contributed by atoms with Crippen molar-refractivity contribution in [1.29, 1.82) is 0 Å². The molecular weight excluding hydrogens is 294 g/mol. The van der Waals surface area contributed by atoms with E-state index in [0.717, 1.165) is 5.56 Å². The molecule has 1 aromatic rings. The smallest absolute Gasteiger partial charge is 0.315 e. The Morgan fingerprint density at radius 1 is 1.29 bits per heavy atom. The minimum absolute atomic E-state index is 0.111. The molecule has 8 heteroatoms. The molecule has 1 aromatic carbocycles. The second-order valence-electron chi connectivity index (χ2n) is 4.47. The van der Waals surface area contributed by atoms with Gasteiger partial charge in [0.15, 0.2) is 0 Å². The van der Waals surface area contributed by atoms with Crippen LogP contribution < -0.4 is 15.4 Å². The number of benzene rings is 1. The molecule has 21 heavy (non-hydrogen) atoms. The monoisotopic (exact) mass is 315 g/mol. The Morgan fingerprint density at radius 3 is 2.38 bits per heavy atom. The predicted octanol–water partition coefficient (Wildman–Crippen LogP) is 0.165. The highest BCUT2D eigenvalue weighted by Crippen LogP contribution is 2.09. The Kier molecular flexibility index (Phi) is 6.60. The summed E-state index contributed by atoms with van der Waals surface area (Å²) >= 11 is 0. The van der Waals surface area contributed by atoms with Crippen LogP contribution in [0.25, 0.3) is 0 Å². The van der Waals surface area contributed by atoms with Crippen molar-refractivity contribution in [2.24, 2.45) is 0 Å². The van der Waals surface area contributed by atoms with E-state index in [2.05, 4.69) is 15.4 Å². The molecule has 2 amide bonds. The fourth-order valence-electron chi connectivity index (χ4n) is 1.60. The highest BCUT2D eigenvalue weighted by molar-refractivity contribution is 7.89. The average Bonchev–Trinajstić information content (AvgIpc) is 2.51. The van der Waals surface area contributed by atoms with Crippen molar-refractivity contribution >= 4 is 16.1 Å². The predicted molar refractivity (Wildman–Crippen MR) is 79.2 cm³/mol. The molecule has 118 valence electrons. The van der Waals surface area contributed by atoms with E-state index in [0.29, 0.717) is 6.42 Å². The summed E-state index contributed by atoms with van der Waals surface area (Å²) in [5.74, 6) is 0. The van der Waals surface area contributed by atoms with Gasteiger partial charge in [-0.25, -0.2) is 17.9 Å². The summed E-state index contributed by atoms with van der Waals surface area (Å²) in [7, 11) is -2.10. The van der Waals surface area contributed by atoms with Crippen molar-refractivity contribution in [3.05, 3.63) is 29.8 Å². The van der Waals surface area contributed by atoms with E-state index in [-0.39, 0.29) is 30.1 Å². The Balaban J connectivity index is 2.55. The van der Waals surface area contributed by atoms with E-state index in [9.17, 15) is 13.2 Å². The van der Waals surface area contributed by atoms with E-state index < -0.39 is 10.0 Å². The number of urea groups is 1. The SMILES string of the molecule is CCC(CO)NC(=O)NCc1ccc(S(=O)(=O)NC)cc1. The summed E-state index contributed by atoms with van der Waals surface area (Å²) in [6.45, 7) is 2.02. The van der Waals surface area contributed by atoms with Crippen LogP contribution in [-0.4, -0.2) is 39.3 Å². The van der Waals surface area contributed by atoms with Gasteiger partial charge in [-0.3, -0.25) is 0 Å². The van der Waals surface area contributed by atoms with Gasteiger partial charge in [0.05, 0.1) is 17.5 Å². The van der Waals surface area contributed by atoms with Crippen LogP contribution >= 0.6 is 0 Å². The summed E-state index contributed by atoms with van der Waals surface area (Å²) in [6.07, 6.45) is 0.639. The number of sulfonamides is 1. The van der Waals surface area contributed by atoms with E-state index >= 15 is 0 Å². The molecule has 0 aliphatic rings. The van der Waals surface area contributed by atoms with Gasteiger partial charge in [0, 0.05) is 6.54 Å². The largest absolute Gasteiger partial charge is 0.394 e. The van der Waals surface area contributed by atoms with Crippen LogP contribution in [0.2, 0.25) is 0 Å². The third-order valence-electron chi connectivity index (χ3n) is 3.00. The molecule has 7 nitrogen and oxygen atoms in total. The fraction of sp³-hybridized carbons (Fsp3) is 0.462. The minimum Gasteiger partial charge on any atom is -0.394 e. The number of carbonyl (C=O) groups is 1. The molecule has 0 fully saturated rings. The first-order valence-corrected chi connectivity index (χ1v) is 8.09. The summed E-state index contributed by atoms with van der Waals surface area (Å²) in [5.41, 5.74) is 0.775. The zero-order valence-electron chi connectivity index (χ0n) is 12.1. The summed E-state index contributed by atoms with van der Waals surface area (Å²) in [6, 6.07) is 5.57. The Bertz CT molecular complexity index is 553. The molecule has 0 aliphatic heterocycles. The van der Waals surface area contributed by atoms with Gasteiger partial charge in [-0.15, -0.1) is 0 Å². The maximum absolute atomic E-state index is 11.6. The van der Waals surface area contributed by atoms with Crippen LogP contribution in [0.4, 0.5) is 4.79 Å². The first-order chi connectivity index (χ1) is 9.92. The maximum Gasteiger partial charge on any atom is 0.315 e. The second-order valence-corrected chi connectivity index (χ2v) is 6.35. The van der Waals surface area contributed by atoms with Crippen molar-refractivity contribution in [2.75, 3.05) is 13.7 Å². The molecule has 0 bridgehead atoms. The molecule has 1 atom stereocenters. The molecular formula is C13H21N3O4S. The van der Waals surface area contributed by atoms with Gasteiger partial charge in [-0.1, -0.05) is 19.1 Å². The van der Waals surface area contributed by atoms with Crippen molar-refractivity contribution in [3.8, 4) is 0 Å². The van der Waals surface area contributed by atoms with Gasteiger partial charge in [0.25, 0.3) is 0 Å². The van der Waals surface area contributed by atoms with Gasteiger partial charge in [-0.05, 0) is 31.2 Å². The summed E-state index contributed by atoms with van der Waals surface area (Å²) in [5, 5.41) is 14.3. The molecule has 4 N–H and O–H groups in total. The lowest BCUT2D eigenvalue weighted by Crippen LogP contribution is -2.43. The van der Waals surface area contributed by atoms with E-state index in [1.807, 2.05) is 6.92 Å². The number of carbonyl (C=O) groups excluding carboxylic acids is 1. The number of aliphatic hydroxyl groups excluding tert-OH is 1. The zero-order valence-corrected chi connectivity index (χ0v) is 12.9. The standard InChI is InChI=1S/C13H21N3O4S/c1-3-11(9-17)16-13(18)15-8-10-4-6-12(7-5-10)21(19,20)14-2/h4-7,11,14,17H,3,8-9H2,1-2H3,(H2,15,16,18). The van der Waals surface area contributed by atoms with Crippen LogP contribution in [0.5, 0.6) is 0 Å². The first kappa shape index (κ1) is 17.4. The number of amides is 2. The van der Waals surface area contributed by atoms with Crippen LogP contribution in [0.3, 0.4) is 0 Å². The quantitative estimate of drug-likeness (QED) is 0.575. The third-order valence-corrected chi connectivity index (χ3v) is 4.43. The van der Waals surface area contributed by atoms with E-state index in [1.54, 1.807) is 12.1 Å². The number of aliphatic hydroxyl groups is 1. The van der Waals surface area contributed by atoms with Crippen molar-refractivity contribution < 1.29 is 18.3 Å². The molecule has 0 heterocycles. The average molecular weight is 315 g/mol. The van der Waals surface area contributed by atoms with Crippen LogP contribution in [0.1, 0.15) is 18.9 Å². The van der Waals surface area contributed by atoms with Crippen LogP contribution in [-0.2, 0) is 16.6 Å². The maximum atomic E-state index is 11.6. The molecule has 0 saturated carbocycles. The Hall–Kier alpha value is -1.64. The fourth-order valence-corrected chi connectivity index (χ4v) is 2.33. The molecule has 1 rings (SSSR count). The van der Waals surface area contributed by atoms with Crippen molar-refractivity contribution in [2.45, 2.75) is 30.8 Å². The zero-order chi connectivity index (χ0) is 15.9. The molecule has 0 aliphatic carbocycles. The van der Waals surface area contributed by atoms with Gasteiger partial charge in [0.2, 0.25) is 10.0 Å². The Morgan fingerprint density at radius 2 is 1.90 bits per heavy atom. The van der Waals surface area contributed by atoms with Crippen LogP contribution in [0.15, 0.2) is 29.2 Å². The lowest BCUT2D eigenvalue weighted by molar-refractivity contribution is 0.214. The van der Waals surface area contributed by atoms with Gasteiger partial charge in [0.1, 0.15) is 0 Å². The lowest BCUT2D eigenvalue weighted by atomic mass is 10.2. The number of nitrogens with one attached hydrogen (secondary N) is 3. The first-order valence-electron chi connectivity index (χ1n) is 6.60. The van der Waals surface area contributed by atoms with Gasteiger partial charge >= 0.3 is 6.03 Å². The van der Waals surface area contributed by atoms with Crippen molar-refractivity contribution in [1.82, 2.24) is 15.4 Å². The van der Waals surface area contributed by atoms with Gasteiger partial charge < -0.3 is 15.7 Å². The number of hydrogen-bond acceptors (Lipinski definition) is 4. The van der Waals surface area contributed by atoms with Crippen LogP contribution in [0, 0.1) is 0 Å².